The van der Waals surface area contributed by atoms with E-state index in [2.05, 4.69) is 46.1 Å². The molecular formula is C24H26N4O2. The molecule has 4 aromatic rings. The number of rotatable bonds is 7. The Morgan fingerprint density at radius 1 is 1.07 bits per heavy atom. The van der Waals surface area contributed by atoms with Crippen LogP contribution >= 0.6 is 0 Å². The molecule has 154 valence electrons. The summed E-state index contributed by atoms with van der Waals surface area (Å²) in [6.07, 6.45) is 0. The van der Waals surface area contributed by atoms with Crippen molar-refractivity contribution in [1.82, 2.24) is 14.1 Å². The van der Waals surface area contributed by atoms with Crippen LogP contribution in [0.15, 0.2) is 54.6 Å². The summed E-state index contributed by atoms with van der Waals surface area (Å²) in [4.78, 5) is 17.9. The van der Waals surface area contributed by atoms with Crippen molar-refractivity contribution in [2.24, 2.45) is 0 Å². The molecule has 0 saturated carbocycles. The number of anilines is 1. The van der Waals surface area contributed by atoms with E-state index in [1.54, 1.807) is 0 Å². The van der Waals surface area contributed by atoms with Gasteiger partial charge < -0.3 is 19.6 Å². The number of aromatic nitrogens is 3. The van der Waals surface area contributed by atoms with Crippen LogP contribution in [-0.4, -0.2) is 38.2 Å². The van der Waals surface area contributed by atoms with Gasteiger partial charge in [-0.1, -0.05) is 29.8 Å². The number of para-hydroxylation sites is 2. The van der Waals surface area contributed by atoms with Crippen molar-refractivity contribution in [2.75, 3.05) is 18.5 Å². The van der Waals surface area contributed by atoms with Crippen LogP contribution in [-0.2, 0) is 6.54 Å². The maximum atomic E-state index is 13.3. The number of nitrogens with zero attached hydrogens (tertiary/aromatic N) is 3. The van der Waals surface area contributed by atoms with Gasteiger partial charge in [-0.25, -0.2) is 4.98 Å². The van der Waals surface area contributed by atoms with Crippen molar-refractivity contribution in [3.05, 3.63) is 77.1 Å². The maximum Gasteiger partial charge on any atom is 0.204 e. The average molecular weight is 402 g/mol. The Kier molecular flexibility index (Phi) is 5.42. The van der Waals surface area contributed by atoms with Crippen molar-refractivity contribution < 1.29 is 9.90 Å². The van der Waals surface area contributed by atoms with Gasteiger partial charge in [0, 0.05) is 29.2 Å². The minimum absolute atomic E-state index is 0.00510. The standard InChI is InChI=1S/C24H26N4O2/c1-16-8-10-19(11-9-16)28-17(2)14-20(18(28)3)23(30)15-27-22-7-5-4-6-21(22)26-24(27)25-12-13-29/h4-11,14,29H,12-13,15H2,1-3H3,(H,25,26). The molecule has 0 bridgehead atoms. The molecule has 0 unspecified atom stereocenters. The fourth-order valence-corrected chi connectivity index (χ4v) is 3.90. The Labute approximate surface area is 175 Å². The zero-order valence-corrected chi connectivity index (χ0v) is 17.5. The Bertz CT molecular complexity index is 1200. The number of carbonyl (C=O) groups excluding carboxylic acids is 1. The number of ketones is 1. The van der Waals surface area contributed by atoms with E-state index >= 15 is 0 Å². The molecule has 0 atom stereocenters. The van der Waals surface area contributed by atoms with E-state index in [1.807, 2.05) is 48.7 Å². The van der Waals surface area contributed by atoms with E-state index in [1.165, 1.54) is 5.56 Å². The predicted octanol–water partition coefficient (Wildman–Crippen LogP) is 4.04. The monoisotopic (exact) mass is 402 g/mol. The molecule has 6 nitrogen and oxygen atoms in total. The van der Waals surface area contributed by atoms with Gasteiger partial charge in [0.15, 0.2) is 5.78 Å². The Balaban J connectivity index is 1.70. The molecular weight excluding hydrogens is 376 g/mol. The number of hydrogen-bond donors (Lipinski definition) is 2. The summed E-state index contributed by atoms with van der Waals surface area (Å²) in [5, 5.41) is 12.3. The van der Waals surface area contributed by atoms with Gasteiger partial charge in [-0.15, -0.1) is 0 Å². The second-order valence-electron chi connectivity index (χ2n) is 7.54. The van der Waals surface area contributed by atoms with Gasteiger partial charge in [0.05, 0.1) is 24.2 Å². The normalized spacial score (nSPS) is 11.2. The number of benzene rings is 2. The van der Waals surface area contributed by atoms with E-state index < -0.39 is 0 Å². The van der Waals surface area contributed by atoms with Gasteiger partial charge in [0.25, 0.3) is 0 Å². The molecule has 0 aliphatic carbocycles. The molecule has 0 aliphatic rings. The Morgan fingerprint density at radius 3 is 2.53 bits per heavy atom. The summed E-state index contributed by atoms with van der Waals surface area (Å²) in [5.41, 5.74) is 6.61. The zero-order valence-electron chi connectivity index (χ0n) is 17.5. The highest BCUT2D eigenvalue weighted by molar-refractivity contribution is 5.98. The lowest BCUT2D eigenvalue weighted by molar-refractivity contribution is 0.0973. The fourth-order valence-electron chi connectivity index (χ4n) is 3.90. The first-order valence-corrected chi connectivity index (χ1v) is 10.1. The van der Waals surface area contributed by atoms with Gasteiger partial charge >= 0.3 is 0 Å². The van der Waals surface area contributed by atoms with Gasteiger partial charge in [0.2, 0.25) is 5.95 Å². The van der Waals surface area contributed by atoms with Gasteiger partial charge in [-0.2, -0.15) is 0 Å². The summed E-state index contributed by atoms with van der Waals surface area (Å²) in [5.74, 6) is 0.614. The molecule has 0 saturated heterocycles. The third kappa shape index (κ3) is 3.62. The topological polar surface area (TPSA) is 72.1 Å². The first-order chi connectivity index (χ1) is 14.5. The molecule has 2 aromatic heterocycles. The summed E-state index contributed by atoms with van der Waals surface area (Å²) in [6, 6.07) is 18.0. The third-order valence-electron chi connectivity index (χ3n) is 5.37. The van der Waals surface area contributed by atoms with Crippen LogP contribution in [0.2, 0.25) is 0 Å². The summed E-state index contributed by atoms with van der Waals surface area (Å²) in [7, 11) is 0. The molecule has 30 heavy (non-hydrogen) atoms. The molecule has 2 aromatic carbocycles. The molecule has 4 rings (SSSR count). The highest BCUT2D eigenvalue weighted by atomic mass is 16.3. The number of aliphatic hydroxyl groups is 1. The van der Waals surface area contributed by atoms with E-state index in [9.17, 15) is 9.90 Å². The minimum Gasteiger partial charge on any atom is -0.395 e. The van der Waals surface area contributed by atoms with Crippen molar-refractivity contribution in [3.8, 4) is 5.69 Å². The third-order valence-corrected chi connectivity index (χ3v) is 5.37. The molecule has 0 fully saturated rings. The molecule has 0 amide bonds. The van der Waals surface area contributed by atoms with Crippen molar-refractivity contribution in [2.45, 2.75) is 27.3 Å². The average Bonchev–Trinajstić information content (AvgIpc) is 3.24. The second-order valence-corrected chi connectivity index (χ2v) is 7.54. The number of fused-ring (bicyclic) bond motifs is 1. The van der Waals surface area contributed by atoms with Crippen LogP contribution in [0.25, 0.3) is 16.7 Å². The Morgan fingerprint density at radius 2 is 1.80 bits per heavy atom. The van der Waals surface area contributed by atoms with E-state index in [0.717, 1.165) is 28.1 Å². The lowest BCUT2D eigenvalue weighted by atomic mass is 10.1. The van der Waals surface area contributed by atoms with Gasteiger partial charge in [-0.3, -0.25) is 4.79 Å². The summed E-state index contributed by atoms with van der Waals surface area (Å²) < 4.78 is 3.99. The summed E-state index contributed by atoms with van der Waals surface area (Å²) in [6.45, 7) is 6.61. The Hall–Kier alpha value is -3.38. The second kappa shape index (κ2) is 8.16. The maximum absolute atomic E-state index is 13.3. The number of carbonyl (C=O) groups is 1. The largest absolute Gasteiger partial charge is 0.395 e. The predicted molar refractivity (Wildman–Crippen MR) is 120 cm³/mol. The molecule has 2 N–H and O–H groups in total. The number of Topliss-reactive ketones (excluding diaryl/α,β-unsaturated/α-hetero) is 1. The minimum atomic E-state index is -0.00510. The SMILES string of the molecule is Cc1ccc(-n2c(C)cc(C(=O)Cn3c(NCCO)nc4ccccc43)c2C)cc1. The lowest BCUT2D eigenvalue weighted by Gasteiger charge is -2.11. The lowest BCUT2D eigenvalue weighted by Crippen LogP contribution is -2.16. The summed E-state index contributed by atoms with van der Waals surface area (Å²) >= 11 is 0. The van der Waals surface area contributed by atoms with Gasteiger partial charge in [-0.05, 0) is 51.1 Å². The number of aryl methyl sites for hydroxylation is 2. The van der Waals surface area contributed by atoms with Crippen LogP contribution in [0.5, 0.6) is 0 Å². The smallest absolute Gasteiger partial charge is 0.204 e. The van der Waals surface area contributed by atoms with Crippen LogP contribution in [0.3, 0.4) is 0 Å². The first-order valence-electron chi connectivity index (χ1n) is 10.1. The molecule has 0 radical (unpaired) electrons. The van der Waals surface area contributed by atoms with Crippen molar-refractivity contribution >= 4 is 22.8 Å². The number of nitrogens with one attached hydrogen (secondary N) is 1. The molecule has 6 heteroatoms. The molecule has 2 heterocycles. The zero-order chi connectivity index (χ0) is 21.3. The number of imidazole rings is 1. The van der Waals surface area contributed by atoms with E-state index in [4.69, 9.17) is 0 Å². The molecule has 0 aliphatic heterocycles. The van der Waals surface area contributed by atoms with Crippen LogP contribution in [0, 0.1) is 20.8 Å². The number of hydrogen-bond acceptors (Lipinski definition) is 4. The van der Waals surface area contributed by atoms with Crippen LogP contribution < -0.4 is 5.32 Å². The van der Waals surface area contributed by atoms with Crippen molar-refractivity contribution in [1.29, 1.82) is 0 Å². The van der Waals surface area contributed by atoms with E-state index in [0.29, 0.717) is 18.1 Å². The van der Waals surface area contributed by atoms with Gasteiger partial charge in [0.1, 0.15) is 0 Å². The highest BCUT2D eigenvalue weighted by Gasteiger charge is 2.19. The van der Waals surface area contributed by atoms with Crippen LogP contribution in [0.4, 0.5) is 5.95 Å². The molecule has 0 spiro atoms. The first kappa shape index (κ1) is 19.9. The highest BCUT2D eigenvalue weighted by Crippen LogP contribution is 2.24. The quantitative estimate of drug-likeness (QED) is 0.458. The fraction of sp³-hybridized carbons (Fsp3) is 0.250. The van der Waals surface area contributed by atoms with Crippen molar-refractivity contribution in [3.63, 3.8) is 0 Å². The van der Waals surface area contributed by atoms with Crippen LogP contribution in [0.1, 0.15) is 27.3 Å². The number of aliphatic hydroxyl groups excluding tert-OH is 1. The van der Waals surface area contributed by atoms with E-state index in [-0.39, 0.29) is 18.9 Å².